The standard InChI is InChI=1S/C15H15F3N2O3/c1-2-12(21)19-11-5-3-4-10(8-11)13(22)20-14(15(16,17)18)6-7-23-9-14/h2-5,8H,1,6-7,9H2,(H,19,21)(H,20,22). The summed E-state index contributed by atoms with van der Waals surface area (Å²) in [5.74, 6) is -1.37. The SMILES string of the molecule is C=CC(=O)Nc1cccc(C(=O)NC2(C(F)(F)F)CCOC2)c1. The van der Waals surface area contributed by atoms with Gasteiger partial charge in [0.05, 0.1) is 6.61 Å². The van der Waals surface area contributed by atoms with Crippen molar-refractivity contribution >= 4 is 17.5 Å². The third-order valence-corrected chi connectivity index (χ3v) is 3.49. The number of hydrogen-bond acceptors (Lipinski definition) is 3. The molecule has 0 bridgehead atoms. The first-order chi connectivity index (χ1) is 10.8. The van der Waals surface area contributed by atoms with Gasteiger partial charge >= 0.3 is 6.18 Å². The van der Waals surface area contributed by atoms with E-state index in [4.69, 9.17) is 4.74 Å². The lowest BCUT2D eigenvalue weighted by Crippen LogP contribution is -2.59. The summed E-state index contributed by atoms with van der Waals surface area (Å²) >= 11 is 0. The van der Waals surface area contributed by atoms with E-state index in [0.717, 1.165) is 6.08 Å². The average molecular weight is 328 g/mol. The fourth-order valence-corrected chi connectivity index (χ4v) is 2.18. The monoisotopic (exact) mass is 328 g/mol. The van der Waals surface area contributed by atoms with Crippen LogP contribution in [0.2, 0.25) is 0 Å². The Hall–Kier alpha value is -2.35. The zero-order valence-electron chi connectivity index (χ0n) is 12.1. The smallest absolute Gasteiger partial charge is 0.379 e. The molecule has 2 N–H and O–H groups in total. The first-order valence-electron chi connectivity index (χ1n) is 6.78. The predicted molar refractivity (Wildman–Crippen MR) is 77.0 cm³/mol. The molecule has 0 spiro atoms. The number of halogens is 3. The number of carbonyl (C=O) groups excluding carboxylic acids is 2. The van der Waals surface area contributed by atoms with E-state index in [9.17, 15) is 22.8 Å². The first-order valence-corrected chi connectivity index (χ1v) is 6.78. The number of rotatable bonds is 4. The molecule has 0 aromatic heterocycles. The zero-order valence-corrected chi connectivity index (χ0v) is 12.1. The number of anilines is 1. The predicted octanol–water partition coefficient (Wildman–Crippen LogP) is 2.26. The highest BCUT2D eigenvalue weighted by molar-refractivity contribution is 6.01. The molecule has 0 radical (unpaired) electrons. The lowest BCUT2D eigenvalue weighted by atomic mass is 9.97. The van der Waals surface area contributed by atoms with Crippen molar-refractivity contribution in [3.63, 3.8) is 0 Å². The van der Waals surface area contributed by atoms with Crippen LogP contribution in [0.3, 0.4) is 0 Å². The van der Waals surface area contributed by atoms with Gasteiger partial charge in [-0.15, -0.1) is 0 Å². The molecule has 124 valence electrons. The Morgan fingerprint density at radius 3 is 2.65 bits per heavy atom. The Morgan fingerprint density at radius 1 is 1.35 bits per heavy atom. The van der Waals surface area contributed by atoms with Crippen LogP contribution in [0.25, 0.3) is 0 Å². The minimum atomic E-state index is -4.62. The highest BCUT2D eigenvalue weighted by atomic mass is 19.4. The fourth-order valence-electron chi connectivity index (χ4n) is 2.18. The van der Waals surface area contributed by atoms with Gasteiger partial charge in [0.25, 0.3) is 5.91 Å². The third-order valence-electron chi connectivity index (χ3n) is 3.49. The minimum Gasteiger partial charge on any atom is -0.379 e. The lowest BCUT2D eigenvalue weighted by Gasteiger charge is -2.31. The number of hydrogen-bond donors (Lipinski definition) is 2. The topological polar surface area (TPSA) is 67.4 Å². The second-order valence-corrected chi connectivity index (χ2v) is 5.11. The van der Waals surface area contributed by atoms with Gasteiger partial charge in [0.2, 0.25) is 5.91 Å². The van der Waals surface area contributed by atoms with E-state index in [1.165, 1.54) is 24.3 Å². The average Bonchev–Trinajstić information content (AvgIpc) is 2.97. The molecule has 2 rings (SSSR count). The number of ether oxygens (including phenoxy) is 1. The number of benzene rings is 1. The molecule has 2 amide bonds. The van der Waals surface area contributed by atoms with Gasteiger partial charge in [0, 0.05) is 24.3 Å². The molecule has 0 saturated carbocycles. The van der Waals surface area contributed by atoms with Crippen LogP contribution < -0.4 is 10.6 Å². The van der Waals surface area contributed by atoms with Gasteiger partial charge in [0.15, 0.2) is 5.54 Å². The van der Waals surface area contributed by atoms with Crippen LogP contribution in [-0.4, -0.2) is 36.7 Å². The van der Waals surface area contributed by atoms with E-state index >= 15 is 0 Å². The second kappa shape index (κ2) is 6.41. The van der Waals surface area contributed by atoms with E-state index < -0.39 is 30.1 Å². The van der Waals surface area contributed by atoms with Gasteiger partial charge in [-0.1, -0.05) is 12.6 Å². The molecule has 1 aromatic carbocycles. The molecule has 1 unspecified atom stereocenters. The van der Waals surface area contributed by atoms with Crippen molar-refractivity contribution in [1.82, 2.24) is 5.32 Å². The Balaban J connectivity index is 2.18. The van der Waals surface area contributed by atoms with E-state index in [1.54, 1.807) is 0 Å². The van der Waals surface area contributed by atoms with Gasteiger partial charge in [-0.3, -0.25) is 9.59 Å². The van der Waals surface area contributed by atoms with E-state index in [0.29, 0.717) is 0 Å². The van der Waals surface area contributed by atoms with Crippen molar-refractivity contribution in [2.75, 3.05) is 18.5 Å². The summed E-state index contributed by atoms with van der Waals surface area (Å²) in [5.41, 5.74) is -2.10. The summed E-state index contributed by atoms with van der Waals surface area (Å²) in [6.45, 7) is 2.60. The van der Waals surface area contributed by atoms with Crippen molar-refractivity contribution in [2.45, 2.75) is 18.1 Å². The van der Waals surface area contributed by atoms with Crippen LogP contribution in [0.5, 0.6) is 0 Å². The summed E-state index contributed by atoms with van der Waals surface area (Å²) in [6.07, 6.45) is -3.91. The molecule has 1 aromatic rings. The molecule has 1 aliphatic heterocycles. The van der Waals surface area contributed by atoms with Crippen molar-refractivity contribution in [1.29, 1.82) is 0 Å². The van der Waals surface area contributed by atoms with E-state index in [2.05, 4.69) is 11.9 Å². The number of alkyl halides is 3. The molecular weight excluding hydrogens is 313 g/mol. The molecule has 23 heavy (non-hydrogen) atoms. The lowest BCUT2D eigenvalue weighted by molar-refractivity contribution is -0.192. The van der Waals surface area contributed by atoms with E-state index in [1.807, 2.05) is 5.32 Å². The Bertz CT molecular complexity index is 623. The van der Waals surface area contributed by atoms with Crippen LogP contribution in [0.15, 0.2) is 36.9 Å². The van der Waals surface area contributed by atoms with Crippen molar-refractivity contribution < 1.29 is 27.5 Å². The summed E-state index contributed by atoms with van der Waals surface area (Å²) in [7, 11) is 0. The maximum atomic E-state index is 13.2. The van der Waals surface area contributed by atoms with Crippen LogP contribution in [0.4, 0.5) is 18.9 Å². The second-order valence-electron chi connectivity index (χ2n) is 5.11. The quantitative estimate of drug-likeness (QED) is 0.833. The molecule has 1 aliphatic rings. The Morgan fingerprint density at radius 2 is 2.09 bits per heavy atom. The highest BCUT2D eigenvalue weighted by Gasteiger charge is 2.58. The van der Waals surface area contributed by atoms with Crippen LogP contribution in [0.1, 0.15) is 16.8 Å². The number of carbonyl (C=O) groups is 2. The zero-order chi connectivity index (χ0) is 17.1. The normalized spacial score (nSPS) is 20.8. The number of amides is 2. The summed E-state index contributed by atoms with van der Waals surface area (Å²) in [4.78, 5) is 23.4. The summed E-state index contributed by atoms with van der Waals surface area (Å²) in [5, 5.41) is 4.46. The van der Waals surface area contributed by atoms with Gasteiger partial charge in [-0.25, -0.2) is 0 Å². The maximum Gasteiger partial charge on any atom is 0.413 e. The fraction of sp³-hybridized carbons (Fsp3) is 0.333. The van der Waals surface area contributed by atoms with E-state index in [-0.39, 0.29) is 24.3 Å². The Labute approximate surface area is 130 Å². The number of nitrogens with one attached hydrogen (secondary N) is 2. The van der Waals surface area contributed by atoms with Gasteiger partial charge in [0.1, 0.15) is 0 Å². The van der Waals surface area contributed by atoms with Crippen molar-refractivity contribution in [2.24, 2.45) is 0 Å². The molecule has 1 atom stereocenters. The largest absolute Gasteiger partial charge is 0.413 e. The summed E-state index contributed by atoms with van der Waals surface area (Å²) in [6, 6.07) is 5.62. The van der Waals surface area contributed by atoms with Gasteiger partial charge < -0.3 is 15.4 Å². The molecule has 8 heteroatoms. The van der Waals surface area contributed by atoms with Crippen LogP contribution in [0, 0.1) is 0 Å². The molecule has 1 saturated heterocycles. The highest BCUT2D eigenvalue weighted by Crippen LogP contribution is 2.37. The van der Waals surface area contributed by atoms with Gasteiger partial charge in [-0.2, -0.15) is 13.2 Å². The third kappa shape index (κ3) is 3.70. The summed E-state index contributed by atoms with van der Waals surface area (Å²) < 4.78 is 44.5. The Kier molecular flexibility index (Phi) is 4.74. The van der Waals surface area contributed by atoms with Crippen molar-refractivity contribution in [3.8, 4) is 0 Å². The van der Waals surface area contributed by atoms with Crippen LogP contribution >= 0.6 is 0 Å². The molecule has 1 fully saturated rings. The maximum absolute atomic E-state index is 13.2. The molecular formula is C15H15F3N2O3. The minimum absolute atomic E-state index is 0.00221. The van der Waals surface area contributed by atoms with Crippen molar-refractivity contribution in [3.05, 3.63) is 42.5 Å². The van der Waals surface area contributed by atoms with Crippen LogP contribution in [-0.2, 0) is 9.53 Å². The molecule has 0 aliphatic carbocycles. The first kappa shape index (κ1) is 17.0. The molecule has 1 heterocycles. The van der Waals surface area contributed by atoms with Gasteiger partial charge in [-0.05, 0) is 24.3 Å². The molecule has 5 nitrogen and oxygen atoms in total.